The molecule has 1 unspecified atom stereocenters. The standard InChI is InChI=1S/C14H23N3O/c1-10(2)12-7-5-11(6-8-12)9-13(15)14(18)16-17(3)4/h5-8,10,13H,9,15H2,1-4H3,(H,16,18). The van der Waals surface area contributed by atoms with Gasteiger partial charge in [-0.2, -0.15) is 0 Å². The van der Waals surface area contributed by atoms with E-state index in [1.54, 1.807) is 19.1 Å². The van der Waals surface area contributed by atoms with E-state index in [4.69, 9.17) is 5.73 Å². The van der Waals surface area contributed by atoms with E-state index in [9.17, 15) is 4.79 Å². The third-order valence-corrected chi connectivity index (χ3v) is 2.77. The van der Waals surface area contributed by atoms with Gasteiger partial charge < -0.3 is 5.73 Å². The van der Waals surface area contributed by atoms with Crippen LogP contribution in [-0.2, 0) is 11.2 Å². The van der Waals surface area contributed by atoms with E-state index >= 15 is 0 Å². The molecular formula is C14H23N3O. The lowest BCUT2D eigenvalue weighted by Crippen LogP contribution is -2.47. The number of hydrogen-bond donors (Lipinski definition) is 2. The van der Waals surface area contributed by atoms with E-state index in [-0.39, 0.29) is 5.91 Å². The number of hydrogen-bond acceptors (Lipinski definition) is 3. The molecule has 0 saturated heterocycles. The first kappa shape index (κ1) is 14.7. The van der Waals surface area contributed by atoms with Gasteiger partial charge in [0.2, 0.25) is 0 Å². The molecule has 4 heteroatoms. The Morgan fingerprint density at radius 3 is 2.28 bits per heavy atom. The molecule has 4 nitrogen and oxygen atoms in total. The monoisotopic (exact) mass is 249 g/mol. The molecule has 0 saturated carbocycles. The minimum absolute atomic E-state index is 0.159. The number of rotatable bonds is 5. The smallest absolute Gasteiger partial charge is 0.251 e. The van der Waals surface area contributed by atoms with Gasteiger partial charge in [0.1, 0.15) is 0 Å². The van der Waals surface area contributed by atoms with E-state index in [0.717, 1.165) is 5.56 Å². The highest BCUT2D eigenvalue weighted by Gasteiger charge is 2.14. The van der Waals surface area contributed by atoms with Crippen molar-refractivity contribution >= 4 is 5.91 Å². The summed E-state index contributed by atoms with van der Waals surface area (Å²) in [7, 11) is 3.53. The Morgan fingerprint density at radius 1 is 1.28 bits per heavy atom. The van der Waals surface area contributed by atoms with Crippen molar-refractivity contribution in [3.05, 3.63) is 35.4 Å². The van der Waals surface area contributed by atoms with Crippen molar-refractivity contribution in [2.45, 2.75) is 32.2 Å². The average molecular weight is 249 g/mol. The van der Waals surface area contributed by atoms with Crippen LogP contribution >= 0.6 is 0 Å². The number of nitrogens with zero attached hydrogens (tertiary/aromatic N) is 1. The third-order valence-electron chi connectivity index (χ3n) is 2.77. The highest BCUT2D eigenvalue weighted by Crippen LogP contribution is 2.15. The van der Waals surface area contributed by atoms with Crippen LogP contribution in [0, 0.1) is 0 Å². The molecule has 0 heterocycles. The molecule has 1 rings (SSSR count). The number of benzene rings is 1. The molecule has 1 aromatic carbocycles. The van der Waals surface area contributed by atoms with Gasteiger partial charge in [-0.1, -0.05) is 38.1 Å². The van der Waals surface area contributed by atoms with Crippen LogP contribution in [0.3, 0.4) is 0 Å². The summed E-state index contributed by atoms with van der Waals surface area (Å²) in [6.45, 7) is 4.32. The van der Waals surface area contributed by atoms with Gasteiger partial charge in [-0.3, -0.25) is 10.2 Å². The van der Waals surface area contributed by atoms with Crippen molar-refractivity contribution in [3.8, 4) is 0 Å². The molecule has 0 aliphatic rings. The quantitative estimate of drug-likeness (QED) is 0.773. The molecule has 1 atom stereocenters. The summed E-state index contributed by atoms with van der Waals surface area (Å²) in [5, 5.41) is 1.60. The fraction of sp³-hybridized carbons (Fsp3) is 0.500. The van der Waals surface area contributed by atoms with Crippen molar-refractivity contribution in [2.75, 3.05) is 14.1 Å². The maximum atomic E-state index is 11.7. The van der Waals surface area contributed by atoms with E-state index in [2.05, 4.69) is 31.4 Å². The maximum Gasteiger partial charge on any atom is 0.251 e. The predicted octanol–water partition coefficient (Wildman–Crippen LogP) is 1.27. The van der Waals surface area contributed by atoms with Crippen LogP contribution in [0.4, 0.5) is 0 Å². The lowest BCUT2D eigenvalue weighted by Gasteiger charge is -2.16. The summed E-state index contributed by atoms with van der Waals surface area (Å²) in [6.07, 6.45) is 0.554. The first-order valence-corrected chi connectivity index (χ1v) is 6.22. The fourth-order valence-corrected chi connectivity index (χ4v) is 1.69. The van der Waals surface area contributed by atoms with Crippen LogP contribution in [0.25, 0.3) is 0 Å². The largest absolute Gasteiger partial charge is 0.320 e. The van der Waals surface area contributed by atoms with Gasteiger partial charge in [0.05, 0.1) is 6.04 Å². The van der Waals surface area contributed by atoms with Crippen LogP contribution < -0.4 is 11.2 Å². The van der Waals surface area contributed by atoms with Crippen molar-refractivity contribution in [3.63, 3.8) is 0 Å². The van der Waals surface area contributed by atoms with Gasteiger partial charge in [0, 0.05) is 14.1 Å². The molecule has 18 heavy (non-hydrogen) atoms. The van der Waals surface area contributed by atoms with Crippen LogP contribution in [0.1, 0.15) is 30.9 Å². The highest BCUT2D eigenvalue weighted by atomic mass is 16.2. The topological polar surface area (TPSA) is 58.4 Å². The molecule has 0 bridgehead atoms. The minimum Gasteiger partial charge on any atom is -0.320 e. The molecule has 3 N–H and O–H groups in total. The van der Waals surface area contributed by atoms with Crippen molar-refractivity contribution in [1.82, 2.24) is 10.4 Å². The Balaban J connectivity index is 2.59. The zero-order chi connectivity index (χ0) is 13.7. The minimum atomic E-state index is -0.516. The van der Waals surface area contributed by atoms with E-state index in [0.29, 0.717) is 12.3 Å². The molecule has 0 aromatic heterocycles. The second-order valence-electron chi connectivity index (χ2n) is 5.08. The fourth-order valence-electron chi connectivity index (χ4n) is 1.69. The number of nitrogens with one attached hydrogen (secondary N) is 1. The zero-order valence-corrected chi connectivity index (χ0v) is 11.6. The zero-order valence-electron chi connectivity index (χ0n) is 11.6. The molecule has 1 amide bonds. The summed E-state index contributed by atoms with van der Waals surface area (Å²) < 4.78 is 0. The molecule has 0 fully saturated rings. The van der Waals surface area contributed by atoms with Gasteiger partial charge in [0.25, 0.3) is 5.91 Å². The first-order chi connectivity index (χ1) is 8.40. The lowest BCUT2D eigenvalue weighted by atomic mass is 9.99. The van der Waals surface area contributed by atoms with Crippen LogP contribution in [0.15, 0.2) is 24.3 Å². The van der Waals surface area contributed by atoms with Gasteiger partial charge >= 0.3 is 0 Å². The summed E-state index contributed by atoms with van der Waals surface area (Å²) >= 11 is 0. The second kappa shape index (κ2) is 6.52. The number of nitrogens with two attached hydrogens (primary N) is 1. The van der Waals surface area contributed by atoms with Gasteiger partial charge in [-0.15, -0.1) is 0 Å². The molecule has 0 aliphatic carbocycles. The number of amides is 1. The molecular weight excluding hydrogens is 226 g/mol. The van der Waals surface area contributed by atoms with Gasteiger partial charge in [0.15, 0.2) is 0 Å². The normalized spacial score (nSPS) is 12.8. The average Bonchev–Trinajstić information content (AvgIpc) is 2.28. The Bertz CT molecular complexity index is 385. The number of carbonyl (C=O) groups is 1. The summed E-state index contributed by atoms with van der Waals surface area (Å²) in [5.41, 5.74) is 10.9. The molecule has 0 aliphatic heterocycles. The first-order valence-electron chi connectivity index (χ1n) is 6.22. The molecule has 1 aromatic rings. The second-order valence-corrected chi connectivity index (χ2v) is 5.08. The van der Waals surface area contributed by atoms with Gasteiger partial charge in [-0.05, 0) is 23.5 Å². The lowest BCUT2D eigenvalue weighted by molar-refractivity contribution is -0.126. The predicted molar refractivity (Wildman–Crippen MR) is 74.0 cm³/mol. The number of carbonyl (C=O) groups excluding carboxylic acids is 1. The summed E-state index contributed by atoms with van der Waals surface area (Å²) in [4.78, 5) is 11.7. The van der Waals surface area contributed by atoms with Crippen LogP contribution in [0.2, 0.25) is 0 Å². The third kappa shape index (κ3) is 4.47. The molecule has 0 radical (unpaired) electrons. The van der Waals surface area contributed by atoms with E-state index < -0.39 is 6.04 Å². The number of hydrazine groups is 1. The SMILES string of the molecule is CC(C)c1ccc(CC(N)C(=O)NN(C)C)cc1. The summed E-state index contributed by atoms with van der Waals surface area (Å²) in [6, 6.07) is 7.75. The van der Waals surface area contributed by atoms with Crippen molar-refractivity contribution in [2.24, 2.45) is 5.73 Å². The Hall–Kier alpha value is -1.39. The van der Waals surface area contributed by atoms with Crippen LogP contribution in [0.5, 0.6) is 0 Å². The van der Waals surface area contributed by atoms with Gasteiger partial charge in [-0.25, -0.2) is 5.01 Å². The van der Waals surface area contributed by atoms with E-state index in [1.165, 1.54) is 5.56 Å². The maximum absolute atomic E-state index is 11.7. The van der Waals surface area contributed by atoms with Crippen molar-refractivity contribution in [1.29, 1.82) is 0 Å². The molecule has 0 spiro atoms. The summed E-state index contributed by atoms with van der Waals surface area (Å²) in [5.74, 6) is 0.359. The Kier molecular flexibility index (Phi) is 5.31. The Labute approximate surface area is 109 Å². The van der Waals surface area contributed by atoms with Crippen molar-refractivity contribution < 1.29 is 4.79 Å². The Morgan fingerprint density at radius 2 is 1.83 bits per heavy atom. The van der Waals surface area contributed by atoms with Crippen LogP contribution in [-0.4, -0.2) is 31.1 Å². The van der Waals surface area contributed by atoms with E-state index in [1.807, 2.05) is 12.1 Å². The highest BCUT2D eigenvalue weighted by molar-refractivity contribution is 5.81. The molecule has 100 valence electrons.